The van der Waals surface area contributed by atoms with Gasteiger partial charge in [-0.05, 0) is 37.1 Å². The van der Waals surface area contributed by atoms with Crippen molar-refractivity contribution in [2.75, 3.05) is 26.2 Å². The molecule has 0 atom stereocenters. The molecule has 1 amide bonds. The molecule has 1 aromatic carbocycles. The molecule has 1 aromatic rings. The van der Waals surface area contributed by atoms with Crippen molar-refractivity contribution in [3.63, 3.8) is 0 Å². The van der Waals surface area contributed by atoms with Crippen LogP contribution < -0.4 is 16.0 Å². The summed E-state index contributed by atoms with van der Waals surface area (Å²) >= 11 is 3.35. The smallest absolute Gasteiger partial charge is 0.251 e. The van der Waals surface area contributed by atoms with Gasteiger partial charge in [-0.15, -0.1) is 24.0 Å². The number of rotatable bonds is 5. The summed E-state index contributed by atoms with van der Waals surface area (Å²) in [6.45, 7) is 3.31. The minimum atomic E-state index is -0.0365. The zero-order valence-electron chi connectivity index (χ0n) is 11.7. The van der Waals surface area contributed by atoms with Crippen LogP contribution in [0.3, 0.4) is 0 Å². The van der Waals surface area contributed by atoms with Gasteiger partial charge in [0.05, 0.1) is 0 Å². The molecule has 0 aliphatic carbocycles. The Morgan fingerprint density at radius 2 is 2.05 bits per heavy atom. The predicted octanol–water partition coefficient (Wildman–Crippen LogP) is 2.13. The van der Waals surface area contributed by atoms with Gasteiger partial charge in [0.15, 0.2) is 5.96 Å². The van der Waals surface area contributed by atoms with Crippen LogP contribution in [0.25, 0.3) is 0 Å². The van der Waals surface area contributed by atoms with Gasteiger partial charge in [-0.1, -0.05) is 15.9 Å². The number of nitrogens with one attached hydrogen (secondary N) is 3. The highest BCUT2D eigenvalue weighted by Gasteiger charge is 2.05. The first-order chi connectivity index (χ1) is 9.75. The third kappa shape index (κ3) is 6.64. The highest BCUT2D eigenvalue weighted by molar-refractivity contribution is 14.0. The van der Waals surface area contributed by atoms with E-state index in [9.17, 15) is 4.79 Å². The second-order valence-electron chi connectivity index (χ2n) is 4.55. The molecule has 1 aliphatic heterocycles. The van der Waals surface area contributed by atoms with Crippen LogP contribution in [0.5, 0.6) is 0 Å². The van der Waals surface area contributed by atoms with Gasteiger partial charge in [0, 0.05) is 36.2 Å². The molecule has 0 saturated carbocycles. The Morgan fingerprint density at radius 1 is 1.29 bits per heavy atom. The maximum atomic E-state index is 11.8. The monoisotopic (exact) mass is 466 g/mol. The average Bonchev–Trinajstić information content (AvgIpc) is 2.48. The van der Waals surface area contributed by atoms with Crippen LogP contribution in [-0.4, -0.2) is 38.0 Å². The first kappa shape index (κ1) is 18.2. The highest BCUT2D eigenvalue weighted by Crippen LogP contribution is 2.10. The number of aliphatic imine (C=N–C) groups is 1. The van der Waals surface area contributed by atoms with Crippen LogP contribution in [0.1, 0.15) is 23.2 Å². The van der Waals surface area contributed by atoms with Crippen LogP contribution in [0, 0.1) is 0 Å². The Bertz CT molecular complexity index is 478. The highest BCUT2D eigenvalue weighted by atomic mass is 127. The quantitative estimate of drug-likeness (QED) is 0.460. The van der Waals surface area contributed by atoms with E-state index in [1.54, 1.807) is 12.1 Å². The Morgan fingerprint density at radius 3 is 2.71 bits per heavy atom. The van der Waals surface area contributed by atoms with E-state index in [1.165, 1.54) is 0 Å². The van der Waals surface area contributed by atoms with E-state index in [1.807, 2.05) is 12.1 Å². The fourth-order valence-corrected chi connectivity index (χ4v) is 2.12. The maximum Gasteiger partial charge on any atom is 0.251 e. The van der Waals surface area contributed by atoms with E-state index < -0.39 is 0 Å². The van der Waals surface area contributed by atoms with Gasteiger partial charge in [0.25, 0.3) is 5.91 Å². The number of hydrogen-bond acceptors (Lipinski definition) is 4. The number of halogens is 2. The molecule has 1 aliphatic rings. The third-order valence-corrected chi connectivity index (χ3v) is 3.46. The number of carbonyl (C=O) groups is 1. The molecule has 1 heterocycles. The lowest BCUT2D eigenvalue weighted by molar-refractivity contribution is 0.0953. The fraction of sp³-hybridized carbons (Fsp3) is 0.429. The van der Waals surface area contributed by atoms with E-state index >= 15 is 0 Å². The number of amides is 1. The van der Waals surface area contributed by atoms with Crippen molar-refractivity contribution in [1.29, 1.82) is 0 Å². The largest absolute Gasteiger partial charge is 0.356 e. The first-order valence-electron chi connectivity index (χ1n) is 6.81. The van der Waals surface area contributed by atoms with E-state index in [4.69, 9.17) is 0 Å². The summed E-state index contributed by atoms with van der Waals surface area (Å²) in [5.41, 5.74) is 0.680. The van der Waals surface area contributed by atoms with E-state index in [-0.39, 0.29) is 29.9 Å². The average molecular weight is 467 g/mol. The molecular weight excluding hydrogens is 447 g/mol. The fourth-order valence-electron chi connectivity index (χ4n) is 1.85. The van der Waals surface area contributed by atoms with Crippen LogP contribution >= 0.6 is 39.9 Å². The molecule has 5 nitrogen and oxygen atoms in total. The van der Waals surface area contributed by atoms with Crippen LogP contribution in [0.2, 0.25) is 0 Å². The second-order valence-corrected chi connectivity index (χ2v) is 5.47. The summed E-state index contributed by atoms with van der Waals surface area (Å²) < 4.78 is 0.971. The minimum Gasteiger partial charge on any atom is -0.356 e. The zero-order valence-corrected chi connectivity index (χ0v) is 15.6. The molecule has 116 valence electrons. The van der Waals surface area contributed by atoms with Crippen molar-refractivity contribution in [1.82, 2.24) is 16.0 Å². The van der Waals surface area contributed by atoms with E-state index in [0.29, 0.717) is 12.1 Å². The van der Waals surface area contributed by atoms with Crippen molar-refractivity contribution in [3.05, 3.63) is 34.3 Å². The lowest BCUT2D eigenvalue weighted by atomic mass is 10.2. The van der Waals surface area contributed by atoms with Gasteiger partial charge in [-0.25, -0.2) is 0 Å². The molecule has 2 rings (SSSR count). The van der Waals surface area contributed by atoms with E-state index in [2.05, 4.69) is 36.9 Å². The molecule has 0 bridgehead atoms. The molecule has 0 spiro atoms. The van der Waals surface area contributed by atoms with Crippen molar-refractivity contribution in [2.45, 2.75) is 12.8 Å². The SMILES string of the molecule is I.O=C(NCCCNC1=NCCCN1)c1ccc(Br)cc1. The normalized spacial score (nSPS) is 13.5. The summed E-state index contributed by atoms with van der Waals surface area (Å²) in [5.74, 6) is 0.834. The van der Waals surface area contributed by atoms with Gasteiger partial charge >= 0.3 is 0 Å². The standard InChI is InChI=1S/C14H19BrN4O.HI/c15-12-5-3-11(4-6-12)13(20)16-7-1-8-17-14-18-9-2-10-19-14;/h3-6H,1-2,7-10H2,(H,16,20)(H2,17,18,19);1H. The summed E-state index contributed by atoms with van der Waals surface area (Å²) in [5, 5.41) is 9.32. The van der Waals surface area contributed by atoms with Crippen molar-refractivity contribution in [3.8, 4) is 0 Å². The van der Waals surface area contributed by atoms with Gasteiger partial charge in [-0.2, -0.15) is 0 Å². The Balaban J connectivity index is 0.00000220. The number of hydrogen-bond donors (Lipinski definition) is 3. The number of carbonyl (C=O) groups excluding carboxylic acids is 1. The van der Waals surface area contributed by atoms with Crippen LogP contribution in [0.4, 0.5) is 0 Å². The minimum absolute atomic E-state index is 0. The number of nitrogens with zero attached hydrogens (tertiary/aromatic N) is 1. The molecule has 21 heavy (non-hydrogen) atoms. The number of benzene rings is 1. The topological polar surface area (TPSA) is 65.5 Å². The summed E-state index contributed by atoms with van der Waals surface area (Å²) in [7, 11) is 0. The van der Waals surface area contributed by atoms with Gasteiger partial charge in [0.2, 0.25) is 0 Å². The summed E-state index contributed by atoms with van der Waals surface area (Å²) in [6.07, 6.45) is 1.96. The molecular formula is C14H20BrIN4O. The first-order valence-corrected chi connectivity index (χ1v) is 7.61. The van der Waals surface area contributed by atoms with Gasteiger partial charge < -0.3 is 16.0 Å². The van der Waals surface area contributed by atoms with Gasteiger partial charge in [-0.3, -0.25) is 9.79 Å². The van der Waals surface area contributed by atoms with Crippen molar-refractivity contribution < 1.29 is 4.79 Å². The molecule has 0 radical (unpaired) electrons. The van der Waals surface area contributed by atoms with Crippen LogP contribution in [-0.2, 0) is 0 Å². The van der Waals surface area contributed by atoms with Crippen molar-refractivity contribution >= 4 is 51.8 Å². The maximum absolute atomic E-state index is 11.8. The number of guanidine groups is 1. The second kappa shape index (κ2) is 9.99. The lowest BCUT2D eigenvalue weighted by Gasteiger charge is -2.15. The van der Waals surface area contributed by atoms with E-state index in [0.717, 1.165) is 42.9 Å². The molecule has 0 unspecified atom stereocenters. The lowest BCUT2D eigenvalue weighted by Crippen LogP contribution is -2.41. The molecule has 7 heteroatoms. The summed E-state index contributed by atoms with van der Waals surface area (Å²) in [6, 6.07) is 7.34. The molecule has 0 fully saturated rings. The molecule has 0 aromatic heterocycles. The molecule has 3 N–H and O–H groups in total. The summed E-state index contributed by atoms with van der Waals surface area (Å²) in [4.78, 5) is 16.2. The van der Waals surface area contributed by atoms with Crippen molar-refractivity contribution in [2.24, 2.45) is 4.99 Å². The van der Waals surface area contributed by atoms with Crippen LogP contribution in [0.15, 0.2) is 33.7 Å². The Hall–Kier alpha value is -0.830. The molecule has 0 saturated heterocycles. The predicted molar refractivity (Wildman–Crippen MR) is 99.4 cm³/mol. The Labute approximate surface area is 150 Å². The third-order valence-electron chi connectivity index (χ3n) is 2.94. The zero-order chi connectivity index (χ0) is 14.2. The van der Waals surface area contributed by atoms with Gasteiger partial charge in [0.1, 0.15) is 0 Å². The Kier molecular flexibility index (Phi) is 8.67.